The first kappa shape index (κ1) is 37.9. The lowest BCUT2D eigenvalue weighted by Gasteiger charge is -2.36. The highest BCUT2D eigenvalue weighted by Gasteiger charge is 2.35. The van der Waals surface area contributed by atoms with Crippen LogP contribution in [0.15, 0.2) is 47.4 Å². The normalized spacial score (nSPS) is 18.9. The van der Waals surface area contributed by atoms with Gasteiger partial charge in [-0.25, -0.2) is 14.3 Å². The molecule has 4 aromatic heterocycles. The number of pyridine rings is 1. The molecule has 1 saturated carbocycles. The Balaban J connectivity index is 0.727. The van der Waals surface area contributed by atoms with Crippen LogP contribution in [0.3, 0.4) is 0 Å². The minimum atomic E-state index is -0.407. The molecule has 0 radical (unpaired) electrons. The summed E-state index contributed by atoms with van der Waals surface area (Å²) in [5.41, 5.74) is 7.05. The van der Waals surface area contributed by atoms with Crippen molar-refractivity contribution >= 4 is 52.2 Å². The van der Waals surface area contributed by atoms with Gasteiger partial charge in [-0.05, 0) is 81.0 Å². The summed E-state index contributed by atoms with van der Waals surface area (Å²) in [6.45, 7) is 7.84. The van der Waals surface area contributed by atoms with Gasteiger partial charge in [-0.15, -0.1) is 0 Å². The lowest BCUT2D eigenvalue weighted by atomic mass is 10.0. The fraction of sp³-hybridized carbons (Fsp3) is 0.463. The van der Waals surface area contributed by atoms with Crippen molar-refractivity contribution in [3.05, 3.63) is 76.2 Å². The van der Waals surface area contributed by atoms with Crippen molar-refractivity contribution in [3.8, 4) is 11.5 Å². The number of fused-ring (bicyclic) bond motifs is 2. The third-order valence-corrected chi connectivity index (χ3v) is 12.2. The number of piperazine rings is 1. The van der Waals surface area contributed by atoms with Crippen molar-refractivity contribution in [2.75, 3.05) is 54.8 Å². The average Bonchev–Trinajstić information content (AvgIpc) is 4.06. The van der Waals surface area contributed by atoms with Crippen LogP contribution in [-0.2, 0) is 17.8 Å². The Morgan fingerprint density at radius 1 is 1.00 bits per heavy atom. The van der Waals surface area contributed by atoms with Crippen LogP contribution < -0.4 is 20.9 Å². The fourth-order valence-corrected chi connectivity index (χ4v) is 9.04. The number of aryl methyl sites for hydroxylation is 2. The van der Waals surface area contributed by atoms with Gasteiger partial charge >= 0.3 is 6.03 Å². The van der Waals surface area contributed by atoms with E-state index in [0.717, 1.165) is 99.3 Å². The molecule has 1 atom stereocenters. The number of rotatable bonds is 11. The molecule has 2 saturated heterocycles. The Bertz CT molecular complexity index is 2340. The van der Waals surface area contributed by atoms with Crippen molar-refractivity contribution < 1.29 is 18.9 Å². The van der Waals surface area contributed by atoms with Crippen molar-refractivity contribution in [1.29, 1.82) is 0 Å². The van der Waals surface area contributed by atoms with Crippen LogP contribution in [0.1, 0.15) is 90.4 Å². The standard InChI is InChI=1S/C41H47ClN12O4/c1-25-18-28(47-41(57)48-33-23-45-39-32(42)22-46-54(39)37(33)26-6-2-3-7-26)20-44-36(25)38-49-35(58-50-38)8-4-5-13-51-14-16-52(17-15-51)29-9-11-31-27(19-29)24-53(40(31)56)30-10-12-34(55)43-21-30/h9,11,18-20,22-23,26,30H,2-8,10,12-17,21,24H2,1H3,(H,43,55)(H2,47,48,57). The zero-order valence-corrected chi connectivity index (χ0v) is 33.3. The van der Waals surface area contributed by atoms with Gasteiger partial charge in [0.25, 0.3) is 5.91 Å². The second-order valence-corrected chi connectivity index (χ2v) is 16.2. The third kappa shape index (κ3) is 7.82. The van der Waals surface area contributed by atoms with Crippen molar-refractivity contribution in [1.82, 2.24) is 44.8 Å². The van der Waals surface area contributed by atoms with Crippen LogP contribution in [0.2, 0.25) is 5.02 Å². The first-order valence-corrected chi connectivity index (χ1v) is 20.7. The molecular weight excluding hydrogens is 760 g/mol. The summed E-state index contributed by atoms with van der Waals surface area (Å²) in [7, 11) is 0. The molecule has 302 valence electrons. The van der Waals surface area contributed by atoms with Gasteiger partial charge in [-0.3, -0.25) is 19.5 Å². The first-order valence-electron chi connectivity index (χ1n) is 20.3. The number of amides is 4. The topological polar surface area (TPSA) is 179 Å². The summed E-state index contributed by atoms with van der Waals surface area (Å²) < 4.78 is 7.34. The third-order valence-electron chi connectivity index (χ3n) is 12.0. The summed E-state index contributed by atoms with van der Waals surface area (Å²) in [5, 5.41) is 17.9. The number of carbonyl (C=O) groups excluding carboxylic acids is 3. The minimum Gasteiger partial charge on any atom is -0.369 e. The number of nitrogens with zero attached hydrogens (tertiary/aromatic N) is 9. The highest BCUT2D eigenvalue weighted by Crippen LogP contribution is 2.38. The van der Waals surface area contributed by atoms with Gasteiger partial charge in [0.1, 0.15) is 10.7 Å². The number of urea groups is 1. The van der Waals surface area contributed by atoms with Gasteiger partial charge in [-0.1, -0.05) is 29.6 Å². The van der Waals surface area contributed by atoms with E-state index in [2.05, 4.69) is 63.1 Å². The molecule has 5 aromatic rings. The lowest BCUT2D eigenvalue weighted by Crippen LogP contribution is -2.48. The molecule has 16 nitrogen and oxygen atoms in total. The van der Waals surface area contributed by atoms with Crippen LogP contribution in [0.25, 0.3) is 17.2 Å². The van der Waals surface area contributed by atoms with Crippen LogP contribution in [0.5, 0.6) is 0 Å². The van der Waals surface area contributed by atoms with Gasteiger partial charge in [0, 0.05) is 69.3 Å². The summed E-state index contributed by atoms with van der Waals surface area (Å²) in [6, 6.07) is 7.71. The number of nitrogens with one attached hydrogen (secondary N) is 3. The number of anilines is 3. The average molecular weight is 807 g/mol. The quantitative estimate of drug-likeness (QED) is 0.137. The Kier molecular flexibility index (Phi) is 10.7. The number of carbonyl (C=O) groups is 3. The lowest BCUT2D eigenvalue weighted by molar-refractivity contribution is -0.123. The largest absolute Gasteiger partial charge is 0.369 e. The van der Waals surface area contributed by atoms with Crippen LogP contribution in [0.4, 0.5) is 21.9 Å². The Morgan fingerprint density at radius 2 is 1.84 bits per heavy atom. The summed E-state index contributed by atoms with van der Waals surface area (Å²) >= 11 is 6.31. The molecule has 3 N–H and O–H groups in total. The van der Waals surface area contributed by atoms with Gasteiger partial charge < -0.3 is 30.3 Å². The van der Waals surface area contributed by atoms with Crippen molar-refractivity contribution in [2.45, 2.75) is 83.2 Å². The molecule has 9 rings (SSSR count). The van der Waals surface area contributed by atoms with E-state index in [4.69, 9.17) is 16.1 Å². The van der Waals surface area contributed by atoms with E-state index >= 15 is 0 Å². The maximum absolute atomic E-state index is 13.2. The Morgan fingerprint density at radius 3 is 2.64 bits per heavy atom. The van der Waals surface area contributed by atoms with Crippen LogP contribution in [0, 0.1) is 6.92 Å². The van der Waals surface area contributed by atoms with E-state index in [1.807, 2.05) is 24.0 Å². The van der Waals surface area contributed by atoms with Gasteiger partial charge in [-0.2, -0.15) is 10.1 Å². The van der Waals surface area contributed by atoms with E-state index < -0.39 is 6.03 Å². The van der Waals surface area contributed by atoms with E-state index in [1.54, 1.807) is 23.1 Å². The first-order chi connectivity index (χ1) is 28.3. The molecular formula is C41H47ClN12O4. The van der Waals surface area contributed by atoms with E-state index in [9.17, 15) is 14.4 Å². The monoisotopic (exact) mass is 806 g/mol. The highest BCUT2D eigenvalue weighted by atomic mass is 35.5. The smallest absolute Gasteiger partial charge is 0.323 e. The summed E-state index contributed by atoms with van der Waals surface area (Å²) in [5.74, 6) is 1.39. The van der Waals surface area contributed by atoms with Crippen LogP contribution in [-0.4, -0.2) is 103 Å². The zero-order chi connectivity index (χ0) is 39.8. The predicted octanol–water partition coefficient (Wildman–Crippen LogP) is 5.82. The van der Waals surface area contributed by atoms with Gasteiger partial charge in [0.15, 0.2) is 5.65 Å². The maximum atomic E-state index is 13.2. The van der Waals surface area contributed by atoms with E-state index in [1.165, 1.54) is 0 Å². The molecule has 3 fully saturated rings. The number of unbranched alkanes of at least 4 members (excludes halogenated alkanes) is 1. The maximum Gasteiger partial charge on any atom is 0.323 e. The molecule has 17 heteroatoms. The second-order valence-electron chi connectivity index (χ2n) is 15.8. The Hall–Kier alpha value is -5.61. The molecule has 4 aliphatic rings. The van der Waals surface area contributed by atoms with Gasteiger partial charge in [0.2, 0.25) is 17.6 Å². The predicted molar refractivity (Wildman–Crippen MR) is 218 cm³/mol. The van der Waals surface area contributed by atoms with Crippen LogP contribution >= 0.6 is 11.6 Å². The number of aromatic nitrogens is 6. The molecule has 3 aliphatic heterocycles. The molecule has 1 aliphatic carbocycles. The van der Waals surface area contributed by atoms with E-state index in [-0.39, 0.29) is 23.8 Å². The summed E-state index contributed by atoms with van der Waals surface area (Å²) in [4.78, 5) is 58.3. The van der Waals surface area contributed by atoms with E-state index in [0.29, 0.717) is 71.8 Å². The number of piperidine rings is 1. The minimum absolute atomic E-state index is 0.0578. The molecule has 0 bridgehead atoms. The van der Waals surface area contributed by atoms with Crippen molar-refractivity contribution in [3.63, 3.8) is 0 Å². The molecule has 1 aromatic carbocycles. The molecule has 58 heavy (non-hydrogen) atoms. The number of halogens is 1. The number of hydrogen-bond donors (Lipinski definition) is 3. The Labute approximate surface area is 340 Å². The highest BCUT2D eigenvalue weighted by molar-refractivity contribution is 6.33. The number of hydrogen-bond acceptors (Lipinski definition) is 11. The SMILES string of the molecule is Cc1cc(NC(=O)Nc2cnc3c(Cl)cnn3c2C2CCCC2)cnc1-c1noc(CCCCN2CCN(c3ccc4c(c3)CN(C3CCC(=O)NC3)C4=O)CC2)n1. The van der Waals surface area contributed by atoms with Gasteiger partial charge in [0.05, 0.1) is 41.7 Å². The van der Waals surface area contributed by atoms with Crippen molar-refractivity contribution in [2.24, 2.45) is 0 Å². The zero-order valence-electron chi connectivity index (χ0n) is 32.5. The molecule has 1 unspecified atom stereocenters. The second kappa shape index (κ2) is 16.3. The fourth-order valence-electron chi connectivity index (χ4n) is 8.87. The molecule has 0 spiro atoms. The number of benzene rings is 1. The molecule has 4 amide bonds. The molecule has 7 heterocycles. The summed E-state index contributed by atoms with van der Waals surface area (Å²) in [6.07, 6.45) is 12.9.